The summed E-state index contributed by atoms with van der Waals surface area (Å²) < 4.78 is 41.1. The van der Waals surface area contributed by atoms with Crippen LogP contribution in [0.3, 0.4) is 0 Å². The topological polar surface area (TPSA) is 130 Å². The minimum atomic E-state index is -2.72. The fourth-order valence-electron chi connectivity index (χ4n) is 4.71. The van der Waals surface area contributed by atoms with Gasteiger partial charge in [0.05, 0.1) is 5.70 Å². The number of carbonyl (C=O) groups excluding carboxylic acids is 2. The lowest BCUT2D eigenvalue weighted by Gasteiger charge is -2.36. The van der Waals surface area contributed by atoms with Gasteiger partial charge in [0, 0.05) is 61.3 Å². The highest BCUT2D eigenvalue weighted by Gasteiger charge is 2.28. The Balaban J connectivity index is 1.54. The molecule has 12 heteroatoms. The van der Waals surface area contributed by atoms with Crippen LogP contribution in [0.2, 0.25) is 0 Å². The lowest BCUT2D eigenvalue weighted by Crippen LogP contribution is -2.44. The maximum Gasteiger partial charge on any atom is 0.264 e. The number of benzene rings is 1. The fourth-order valence-corrected chi connectivity index (χ4v) is 4.71. The van der Waals surface area contributed by atoms with Gasteiger partial charge in [-0.2, -0.15) is 0 Å². The van der Waals surface area contributed by atoms with Crippen LogP contribution >= 0.6 is 0 Å². The fraction of sp³-hybridized carbons (Fsp3) is 0.333. The van der Waals surface area contributed by atoms with Crippen molar-refractivity contribution in [2.45, 2.75) is 32.6 Å². The summed E-state index contributed by atoms with van der Waals surface area (Å²) >= 11 is 0. The number of aliphatic imine (C=N–C) groups is 1. The van der Waals surface area contributed by atoms with Crippen molar-refractivity contribution in [2.24, 2.45) is 22.4 Å². The molecule has 2 aliphatic rings. The van der Waals surface area contributed by atoms with Crippen molar-refractivity contribution in [1.82, 2.24) is 14.8 Å². The lowest BCUT2D eigenvalue weighted by atomic mass is 9.96. The Bertz CT molecular complexity index is 1340. The monoisotopic (exact) mass is 541 g/mol. The van der Waals surface area contributed by atoms with Crippen molar-refractivity contribution < 1.29 is 22.8 Å². The number of rotatable bonds is 7. The van der Waals surface area contributed by atoms with Gasteiger partial charge in [0.25, 0.3) is 12.3 Å². The SMILES string of the molecule is CCC(=O)N1CCC[C@@H](CN2C=CN=C(N)/C2=C(/N)c2ccc(C(=O)Nc3cc(C(F)F)ccn3)cc2F)C1. The molecule has 1 fully saturated rings. The summed E-state index contributed by atoms with van der Waals surface area (Å²) in [5.74, 6) is -1.22. The molecule has 9 nitrogen and oxygen atoms in total. The molecule has 0 saturated carbocycles. The van der Waals surface area contributed by atoms with E-state index in [0.717, 1.165) is 43.8 Å². The van der Waals surface area contributed by atoms with Crippen molar-refractivity contribution >= 4 is 29.2 Å². The van der Waals surface area contributed by atoms with Gasteiger partial charge in [0.2, 0.25) is 5.91 Å². The van der Waals surface area contributed by atoms with E-state index in [2.05, 4.69) is 15.3 Å². The van der Waals surface area contributed by atoms with Crippen LogP contribution in [0.25, 0.3) is 5.70 Å². The number of pyridine rings is 1. The Morgan fingerprint density at radius 1 is 1.23 bits per heavy atom. The molecule has 1 saturated heterocycles. The third kappa shape index (κ3) is 6.39. The van der Waals surface area contributed by atoms with Crippen molar-refractivity contribution in [2.75, 3.05) is 25.0 Å². The van der Waals surface area contributed by atoms with Crippen LogP contribution in [0.5, 0.6) is 0 Å². The zero-order valence-electron chi connectivity index (χ0n) is 21.4. The molecule has 3 heterocycles. The number of hydrogen-bond acceptors (Lipinski definition) is 7. The van der Waals surface area contributed by atoms with E-state index in [-0.39, 0.29) is 45.9 Å². The number of nitrogens with one attached hydrogen (secondary N) is 1. The molecular formula is C27H30F3N7O2. The predicted molar refractivity (Wildman–Crippen MR) is 142 cm³/mol. The summed E-state index contributed by atoms with van der Waals surface area (Å²) in [5.41, 5.74) is 12.6. The first-order valence-electron chi connectivity index (χ1n) is 12.6. The van der Waals surface area contributed by atoms with Crippen molar-refractivity contribution in [3.63, 3.8) is 0 Å². The maximum atomic E-state index is 15.2. The number of halogens is 3. The predicted octanol–water partition coefficient (Wildman–Crippen LogP) is 3.83. The summed E-state index contributed by atoms with van der Waals surface area (Å²) in [5, 5.41) is 2.39. The highest BCUT2D eigenvalue weighted by atomic mass is 19.3. The second-order valence-electron chi connectivity index (χ2n) is 9.35. The van der Waals surface area contributed by atoms with Crippen LogP contribution in [-0.2, 0) is 4.79 Å². The first-order chi connectivity index (χ1) is 18.7. The first kappa shape index (κ1) is 27.7. The third-order valence-corrected chi connectivity index (χ3v) is 6.67. The number of nitrogens with two attached hydrogens (primary N) is 2. The number of hydrogen-bond donors (Lipinski definition) is 3. The second kappa shape index (κ2) is 12.0. The molecule has 1 atom stereocenters. The minimum absolute atomic E-state index is 0.0178. The van der Waals surface area contributed by atoms with Crippen LogP contribution in [-0.4, -0.2) is 52.1 Å². The van der Waals surface area contributed by atoms with Gasteiger partial charge in [0.1, 0.15) is 23.2 Å². The second-order valence-corrected chi connectivity index (χ2v) is 9.35. The number of nitrogens with zero attached hydrogens (tertiary/aromatic N) is 4. The first-order valence-corrected chi connectivity index (χ1v) is 12.6. The normalized spacial score (nSPS) is 18.7. The molecule has 1 aromatic carbocycles. The van der Waals surface area contributed by atoms with E-state index in [4.69, 9.17) is 11.5 Å². The molecule has 5 N–H and O–H groups in total. The Kier molecular flexibility index (Phi) is 8.52. The van der Waals surface area contributed by atoms with Gasteiger partial charge in [-0.3, -0.25) is 9.59 Å². The van der Waals surface area contributed by atoms with Gasteiger partial charge >= 0.3 is 0 Å². The van der Waals surface area contributed by atoms with Gasteiger partial charge in [-0.05, 0) is 49.1 Å². The van der Waals surface area contributed by atoms with E-state index in [9.17, 15) is 18.4 Å². The summed E-state index contributed by atoms with van der Waals surface area (Å²) in [6.07, 6.45) is 3.90. The van der Waals surface area contributed by atoms with Crippen molar-refractivity contribution in [1.29, 1.82) is 0 Å². The number of likely N-dealkylation sites (tertiary alicyclic amines) is 1. The smallest absolute Gasteiger partial charge is 0.264 e. The van der Waals surface area contributed by atoms with Crippen LogP contribution in [0.15, 0.2) is 59.6 Å². The molecule has 0 unspecified atom stereocenters. The Morgan fingerprint density at radius 2 is 2.03 bits per heavy atom. The Hall–Kier alpha value is -4.35. The van der Waals surface area contributed by atoms with E-state index >= 15 is 4.39 Å². The van der Waals surface area contributed by atoms with Gasteiger partial charge in [-0.15, -0.1) is 0 Å². The number of piperidine rings is 1. The molecule has 1 aromatic heterocycles. The van der Waals surface area contributed by atoms with Gasteiger partial charge < -0.3 is 26.6 Å². The molecule has 39 heavy (non-hydrogen) atoms. The van der Waals surface area contributed by atoms with Crippen LogP contribution in [0.4, 0.5) is 19.0 Å². The molecular weight excluding hydrogens is 511 g/mol. The molecule has 0 radical (unpaired) electrons. The van der Waals surface area contributed by atoms with E-state index in [1.165, 1.54) is 18.3 Å². The zero-order valence-corrected chi connectivity index (χ0v) is 21.4. The van der Waals surface area contributed by atoms with Crippen LogP contribution < -0.4 is 16.8 Å². The molecule has 2 aromatic rings. The number of alkyl halides is 2. The summed E-state index contributed by atoms with van der Waals surface area (Å²) in [6, 6.07) is 5.90. The molecule has 0 spiro atoms. The highest BCUT2D eigenvalue weighted by Crippen LogP contribution is 2.27. The van der Waals surface area contributed by atoms with E-state index in [1.807, 2.05) is 16.7 Å². The molecule has 4 rings (SSSR count). The molecule has 0 aliphatic carbocycles. The number of anilines is 1. The average Bonchev–Trinajstić information content (AvgIpc) is 2.92. The molecule has 2 amide bonds. The molecule has 0 bridgehead atoms. The Morgan fingerprint density at radius 3 is 2.74 bits per heavy atom. The van der Waals surface area contributed by atoms with E-state index in [1.54, 1.807) is 6.20 Å². The lowest BCUT2D eigenvalue weighted by molar-refractivity contribution is -0.132. The van der Waals surface area contributed by atoms with Gasteiger partial charge in [0.15, 0.2) is 0 Å². The largest absolute Gasteiger partial charge is 0.396 e. The van der Waals surface area contributed by atoms with Crippen LogP contribution in [0.1, 0.15) is 54.1 Å². The number of amidine groups is 1. The standard InChI is InChI=1S/C27H30F3N7O2/c1-2-22(38)36-10-3-4-16(14-36)15-37-11-9-34-26(32)24(37)23(31)19-6-5-18(12-20(19)28)27(39)35-21-13-17(25(29)30)7-8-33-21/h5-9,11-13,16,25H,2-4,10,14-15,31H2,1H3,(H2,32,34)(H,33,35,39)/b24-23-/t16-/m1/s1. The van der Waals surface area contributed by atoms with Gasteiger partial charge in [-0.1, -0.05) is 6.92 Å². The molecule has 2 aliphatic heterocycles. The Labute approximate surface area is 224 Å². The van der Waals surface area contributed by atoms with Gasteiger partial charge in [-0.25, -0.2) is 23.1 Å². The molecule has 206 valence electrons. The zero-order chi connectivity index (χ0) is 28.1. The number of carbonyl (C=O) groups is 2. The summed E-state index contributed by atoms with van der Waals surface area (Å²) in [4.78, 5) is 36.5. The number of aromatic nitrogens is 1. The van der Waals surface area contributed by atoms with Crippen molar-refractivity contribution in [3.05, 3.63) is 77.1 Å². The van der Waals surface area contributed by atoms with E-state index < -0.39 is 18.1 Å². The summed E-state index contributed by atoms with van der Waals surface area (Å²) in [7, 11) is 0. The van der Waals surface area contributed by atoms with Crippen molar-refractivity contribution in [3.8, 4) is 0 Å². The minimum Gasteiger partial charge on any atom is -0.396 e. The number of amides is 2. The maximum absolute atomic E-state index is 15.2. The van der Waals surface area contributed by atoms with E-state index in [0.29, 0.717) is 25.2 Å². The quantitative estimate of drug-likeness (QED) is 0.489. The third-order valence-electron chi connectivity index (χ3n) is 6.67. The average molecular weight is 542 g/mol. The summed E-state index contributed by atoms with van der Waals surface area (Å²) in [6.45, 7) is 3.67. The van der Waals surface area contributed by atoms with Crippen LogP contribution in [0, 0.1) is 11.7 Å². The highest BCUT2D eigenvalue weighted by molar-refractivity contribution is 6.05.